The SMILES string of the molecule is NC1(F)NC(=O)c2ccn([C@H]3C[C@H](O)[C@@H](CO)O3)c2N1. The highest BCUT2D eigenvalue weighted by Gasteiger charge is 2.40. The molecule has 20 heavy (non-hydrogen) atoms. The van der Waals surface area contributed by atoms with Gasteiger partial charge in [0.2, 0.25) is 0 Å². The van der Waals surface area contributed by atoms with Crippen molar-refractivity contribution in [3.63, 3.8) is 0 Å². The maximum absolute atomic E-state index is 13.8. The maximum Gasteiger partial charge on any atom is 0.318 e. The number of nitrogens with zero attached hydrogens (tertiary/aromatic N) is 1. The fraction of sp³-hybridized carbons (Fsp3) is 0.545. The molecule has 6 N–H and O–H groups in total. The summed E-state index contributed by atoms with van der Waals surface area (Å²) in [6, 6.07) is -1.05. The number of aliphatic hydroxyl groups excluding tert-OH is 2. The summed E-state index contributed by atoms with van der Waals surface area (Å²) in [6.45, 7) is -0.320. The minimum Gasteiger partial charge on any atom is -0.394 e. The Morgan fingerprint density at radius 2 is 2.35 bits per heavy atom. The van der Waals surface area contributed by atoms with Crippen molar-refractivity contribution in [2.75, 3.05) is 11.9 Å². The molecule has 8 nitrogen and oxygen atoms in total. The molecule has 1 amide bonds. The Morgan fingerprint density at radius 1 is 1.60 bits per heavy atom. The zero-order chi connectivity index (χ0) is 14.5. The van der Waals surface area contributed by atoms with Gasteiger partial charge < -0.3 is 24.8 Å². The first-order valence-corrected chi connectivity index (χ1v) is 6.15. The van der Waals surface area contributed by atoms with Gasteiger partial charge in [0.05, 0.1) is 18.3 Å². The second-order valence-electron chi connectivity index (χ2n) is 4.89. The van der Waals surface area contributed by atoms with E-state index in [1.165, 1.54) is 16.8 Å². The van der Waals surface area contributed by atoms with Crippen molar-refractivity contribution in [3.8, 4) is 0 Å². The molecule has 1 unspecified atom stereocenters. The van der Waals surface area contributed by atoms with Crippen molar-refractivity contribution in [1.82, 2.24) is 9.88 Å². The normalized spacial score (nSPS) is 36.4. The van der Waals surface area contributed by atoms with Crippen LogP contribution in [0.15, 0.2) is 12.3 Å². The molecule has 1 fully saturated rings. The van der Waals surface area contributed by atoms with E-state index >= 15 is 0 Å². The van der Waals surface area contributed by atoms with Gasteiger partial charge in [-0.05, 0) is 6.07 Å². The highest BCUT2D eigenvalue weighted by molar-refractivity contribution is 6.01. The van der Waals surface area contributed by atoms with E-state index in [1.807, 2.05) is 5.32 Å². The topological polar surface area (TPSA) is 122 Å². The number of carbonyl (C=O) groups excluding carboxylic acids is 1. The first kappa shape index (κ1) is 13.3. The van der Waals surface area contributed by atoms with Crippen molar-refractivity contribution in [1.29, 1.82) is 0 Å². The predicted molar refractivity (Wildman–Crippen MR) is 65.2 cm³/mol. The Morgan fingerprint density at radius 3 is 3.00 bits per heavy atom. The van der Waals surface area contributed by atoms with Crippen LogP contribution in [0.3, 0.4) is 0 Å². The number of hydrogen-bond donors (Lipinski definition) is 5. The van der Waals surface area contributed by atoms with Gasteiger partial charge in [-0.2, -0.15) is 4.39 Å². The van der Waals surface area contributed by atoms with Crippen molar-refractivity contribution >= 4 is 11.7 Å². The van der Waals surface area contributed by atoms with E-state index in [0.717, 1.165) is 0 Å². The molecule has 0 aromatic carbocycles. The van der Waals surface area contributed by atoms with Gasteiger partial charge in [-0.25, -0.2) is 0 Å². The van der Waals surface area contributed by atoms with Crippen LogP contribution in [0.2, 0.25) is 0 Å². The van der Waals surface area contributed by atoms with E-state index in [4.69, 9.17) is 15.6 Å². The monoisotopic (exact) mass is 286 g/mol. The van der Waals surface area contributed by atoms with E-state index in [1.54, 1.807) is 0 Å². The number of aromatic nitrogens is 1. The van der Waals surface area contributed by atoms with Gasteiger partial charge in [-0.1, -0.05) is 0 Å². The van der Waals surface area contributed by atoms with Crippen molar-refractivity contribution in [3.05, 3.63) is 17.8 Å². The zero-order valence-electron chi connectivity index (χ0n) is 10.4. The summed E-state index contributed by atoms with van der Waals surface area (Å²) in [7, 11) is 0. The van der Waals surface area contributed by atoms with E-state index in [-0.39, 0.29) is 24.4 Å². The van der Waals surface area contributed by atoms with Gasteiger partial charge in [0, 0.05) is 12.6 Å². The van der Waals surface area contributed by atoms with Gasteiger partial charge in [0.1, 0.15) is 18.1 Å². The fourth-order valence-corrected chi connectivity index (χ4v) is 2.49. The summed E-state index contributed by atoms with van der Waals surface area (Å²) in [4.78, 5) is 11.7. The van der Waals surface area contributed by atoms with Gasteiger partial charge in [-0.15, -0.1) is 0 Å². The van der Waals surface area contributed by atoms with E-state index in [2.05, 4.69) is 5.32 Å². The Kier molecular flexibility index (Phi) is 2.94. The summed E-state index contributed by atoms with van der Waals surface area (Å²) < 4.78 is 20.7. The predicted octanol–water partition coefficient (Wildman–Crippen LogP) is -1.18. The average Bonchev–Trinajstić information content (AvgIpc) is 2.91. The minimum absolute atomic E-state index is 0.175. The number of carbonyl (C=O) groups is 1. The fourth-order valence-electron chi connectivity index (χ4n) is 2.49. The molecular formula is C11H15FN4O4. The van der Waals surface area contributed by atoms with Crippen LogP contribution in [-0.2, 0) is 4.74 Å². The van der Waals surface area contributed by atoms with Crippen molar-refractivity contribution in [2.24, 2.45) is 5.73 Å². The molecule has 1 aromatic heterocycles. The third-order valence-corrected chi connectivity index (χ3v) is 3.45. The van der Waals surface area contributed by atoms with Gasteiger partial charge >= 0.3 is 6.04 Å². The number of nitrogens with one attached hydrogen (secondary N) is 2. The molecule has 9 heteroatoms. The quantitative estimate of drug-likeness (QED) is 0.436. The molecule has 0 aliphatic carbocycles. The number of nitrogens with two attached hydrogens (primary N) is 1. The lowest BCUT2D eigenvalue weighted by molar-refractivity contribution is -0.0438. The summed E-state index contributed by atoms with van der Waals surface area (Å²) in [5.41, 5.74) is 5.47. The molecule has 0 radical (unpaired) electrons. The van der Waals surface area contributed by atoms with Crippen LogP contribution in [-0.4, -0.2) is 45.5 Å². The van der Waals surface area contributed by atoms with Gasteiger partial charge in [0.25, 0.3) is 5.91 Å². The molecule has 3 rings (SSSR count). The van der Waals surface area contributed by atoms with Crippen molar-refractivity contribution in [2.45, 2.75) is 30.9 Å². The number of rotatable bonds is 2. The number of halogens is 1. The maximum atomic E-state index is 13.8. The smallest absolute Gasteiger partial charge is 0.318 e. The highest BCUT2D eigenvalue weighted by Crippen LogP contribution is 2.34. The lowest BCUT2D eigenvalue weighted by Crippen LogP contribution is -2.61. The van der Waals surface area contributed by atoms with Crippen LogP contribution in [0.25, 0.3) is 0 Å². The second-order valence-corrected chi connectivity index (χ2v) is 4.89. The van der Waals surface area contributed by atoms with Crippen LogP contribution < -0.4 is 16.4 Å². The third-order valence-electron chi connectivity index (χ3n) is 3.45. The van der Waals surface area contributed by atoms with Crippen LogP contribution in [0, 0.1) is 0 Å². The van der Waals surface area contributed by atoms with E-state index < -0.39 is 30.4 Å². The highest BCUT2D eigenvalue weighted by atomic mass is 19.2. The summed E-state index contributed by atoms with van der Waals surface area (Å²) in [5, 5.41) is 23.1. The number of ether oxygens (including phenoxy) is 1. The van der Waals surface area contributed by atoms with Crippen LogP contribution in [0.5, 0.6) is 0 Å². The molecule has 4 atom stereocenters. The number of fused-ring (bicyclic) bond motifs is 1. The molecule has 1 saturated heterocycles. The second kappa shape index (κ2) is 4.42. The standard InChI is InChI=1S/C11H15FN4O4/c12-11(13)14-9-5(10(19)15-11)1-2-16(9)8-3-6(18)7(4-17)20-8/h1-2,6-8,14,17-18H,3-4,13H2,(H,15,19)/t6-,7+,8+,11?/m0/s1. The number of anilines is 1. The Labute approximate surface area is 113 Å². The van der Waals surface area contributed by atoms with Crippen molar-refractivity contribution < 1.29 is 24.1 Å². The van der Waals surface area contributed by atoms with Crippen LogP contribution >= 0.6 is 0 Å². The largest absolute Gasteiger partial charge is 0.394 e. The average molecular weight is 286 g/mol. The van der Waals surface area contributed by atoms with Gasteiger partial charge in [0.15, 0.2) is 0 Å². The number of amides is 1. The Bertz CT molecular complexity index is 547. The lowest BCUT2D eigenvalue weighted by atomic mass is 10.2. The molecule has 0 spiro atoms. The molecule has 2 aliphatic rings. The van der Waals surface area contributed by atoms with E-state index in [0.29, 0.717) is 0 Å². The molecule has 0 saturated carbocycles. The molecule has 0 bridgehead atoms. The molecule has 1 aromatic rings. The summed E-state index contributed by atoms with van der Waals surface area (Å²) in [5.74, 6) is -0.464. The Hall–Kier alpha value is -1.68. The molecule has 3 heterocycles. The third kappa shape index (κ3) is 2.04. The van der Waals surface area contributed by atoms with Crippen LogP contribution in [0.1, 0.15) is 23.0 Å². The summed E-state index contributed by atoms with van der Waals surface area (Å²) >= 11 is 0. The van der Waals surface area contributed by atoms with E-state index in [9.17, 15) is 14.3 Å². The van der Waals surface area contributed by atoms with Gasteiger partial charge in [-0.3, -0.25) is 15.8 Å². The molecule has 110 valence electrons. The first-order chi connectivity index (χ1) is 9.41. The number of aliphatic hydroxyl groups is 2. The number of alkyl halides is 1. The number of hydrogen-bond acceptors (Lipinski definition) is 6. The lowest BCUT2D eigenvalue weighted by Gasteiger charge is -2.30. The molecular weight excluding hydrogens is 271 g/mol. The first-order valence-electron chi connectivity index (χ1n) is 6.15. The summed E-state index contributed by atoms with van der Waals surface area (Å²) in [6.07, 6.45) is -0.382. The molecule has 2 aliphatic heterocycles. The minimum atomic E-state index is -2.55. The van der Waals surface area contributed by atoms with Crippen LogP contribution in [0.4, 0.5) is 10.2 Å². The Balaban J connectivity index is 1.92. The zero-order valence-corrected chi connectivity index (χ0v) is 10.4.